The number of halogens is 6. The molecule has 10 nitrogen and oxygen atoms in total. The molecule has 2 saturated carbocycles. The zero-order valence-corrected chi connectivity index (χ0v) is 49.6. The third-order valence-corrected chi connectivity index (χ3v) is 11.3. The van der Waals surface area contributed by atoms with Crippen LogP contribution < -0.4 is 10.2 Å². The van der Waals surface area contributed by atoms with Crippen molar-refractivity contribution >= 4 is 34.7 Å². The summed E-state index contributed by atoms with van der Waals surface area (Å²) in [5.41, 5.74) is 5.83. The molecule has 2 fully saturated rings. The molecule has 6 rings (SSSR count). The predicted octanol–water partition coefficient (Wildman–Crippen LogP) is 13.0. The molecule has 74 heavy (non-hydrogen) atoms. The first kappa shape index (κ1) is 67.0. The van der Waals surface area contributed by atoms with Gasteiger partial charge in [-0.05, 0) is 102 Å². The summed E-state index contributed by atoms with van der Waals surface area (Å²) in [6.45, 7) is 13.4. The van der Waals surface area contributed by atoms with Crippen LogP contribution in [0.5, 0.6) is 0 Å². The molecule has 392 valence electrons. The molecule has 18 heteroatoms. The molecule has 2 aliphatic rings. The molecule has 4 atom stereocenters. The number of carboxylic acids is 2. The van der Waals surface area contributed by atoms with Crippen LogP contribution in [0.2, 0.25) is 0 Å². The van der Waals surface area contributed by atoms with Gasteiger partial charge < -0.3 is 39.9 Å². The largest absolute Gasteiger partial charge is 2.00 e. The number of hydrogen-bond donors (Lipinski definition) is 0. The molecule has 4 aromatic carbocycles. The second-order valence-electron chi connectivity index (χ2n) is 17.7. The molecular formula is C56H66F6N4O6Zn2. The molecule has 0 radical (unpaired) electrons. The number of benzene rings is 4. The quantitative estimate of drug-likeness (QED) is 0.0696. The molecule has 0 aliphatic heterocycles. The summed E-state index contributed by atoms with van der Waals surface area (Å²) in [5.74, 6) is -2.17. The summed E-state index contributed by atoms with van der Waals surface area (Å²) in [6.07, 6.45) is -1.52. The molecule has 0 unspecified atom stereocenters. The van der Waals surface area contributed by atoms with Crippen molar-refractivity contribution in [1.29, 1.82) is 0 Å². The van der Waals surface area contributed by atoms with Gasteiger partial charge >= 0.3 is 51.3 Å². The van der Waals surface area contributed by atoms with Crippen molar-refractivity contribution in [3.05, 3.63) is 165 Å². The van der Waals surface area contributed by atoms with Crippen LogP contribution in [-0.2, 0) is 71.2 Å². The minimum atomic E-state index is -4.56. The second-order valence-corrected chi connectivity index (χ2v) is 17.7. The number of carbonyl (C=O) groups excluding carboxylic acids is 2. The monoisotopic (exact) mass is 1130 g/mol. The summed E-state index contributed by atoms with van der Waals surface area (Å²) in [4.78, 5) is 26.7. The maximum atomic E-state index is 13.9. The maximum absolute atomic E-state index is 13.9. The van der Waals surface area contributed by atoms with Crippen LogP contribution in [0.1, 0.15) is 112 Å². The number of para-hydroxylation sites is 2. The van der Waals surface area contributed by atoms with Crippen molar-refractivity contribution in [2.45, 2.75) is 157 Å². The molecule has 0 N–H and O–H groups in total. The van der Waals surface area contributed by atoms with Crippen LogP contribution in [0.15, 0.2) is 131 Å². The molecule has 0 aromatic heterocycles. The minimum absolute atomic E-state index is 0. The fraction of sp³-hybridized carbons (Fsp3) is 0.429. The minimum Gasteiger partial charge on any atom is -0.676 e. The Morgan fingerprint density at radius 2 is 0.811 bits per heavy atom. The maximum Gasteiger partial charge on any atom is 2.00 e. The van der Waals surface area contributed by atoms with E-state index in [0.29, 0.717) is 50.3 Å². The van der Waals surface area contributed by atoms with E-state index in [9.17, 15) is 26.3 Å². The van der Waals surface area contributed by atoms with E-state index in [-0.39, 0.29) is 62.6 Å². The number of aliphatic imine (C=N–C) groups is 2. The molecule has 0 heterocycles. The number of ether oxygens (including phenoxy) is 2. The van der Waals surface area contributed by atoms with Crippen LogP contribution >= 0.6 is 0 Å². The Bertz CT molecular complexity index is 2230. The van der Waals surface area contributed by atoms with Gasteiger partial charge in [0, 0.05) is 35.6 Å². The number of allylic oxidation sites excluding steroid dienone is 4. The van der Waals surface area contributed by atoms with E-state index < -0.39 is 47.8 Å². The Morgan fingerprint density at radius 1 is 0.527 bits per heavy atom. The summed E-state index contributed by atoms with van der Waals surface area (Å²) in [6, 6.07) is 29.7. The number of hydrogen-bond acceptors (Lipinski definition) is 8. The van der Waals surface area contributed by atoms with Gasteiger partial charge in [0.1, 0.15) is 0 Å². The molecule has 0 spiro atoms. The van der Waals surface area contributed by atoms with Crippen molar-refractivity contribution < 1.29 is 94.6 Å². The molecule has 0 bridgehead atoms. The van der Waals surface area contributed by atoms with Crippen molar-refractivity contribution in [3.63, 3.8) is 0 Å². The number of carboxylic acid groups (broad SMARTS) is 2. The van der Waals surface area contributed by atoms with Gasteiger partial charge in [-0.25, -0.2) is 0 Å². The van der Waals surface area contributed by atoms with Gasteiger partial charge in [-0.3, -0.25) is 9.98 Å². The number of alkyl halides is 6. The zero-order valence-electron chi connectivity index (χ0n) is 43.7. The van der Waals surface area contributed by atoms with Gasteiger partial charge in [0.2, 0.25) is 0 Å². The van der Waals surface area contributed by atoms with Crippen molar-refractivity contribution in [2.75, 3.05) is 0 Å². The number of aliphatic carboxylic acids is 2. The summed E-state index contributed by atoms with van der Waals surface area (Å²) in [5, 5.41) is 26.1. The standard InChI is InChI=1S/2C26H30F3N2O.2C2H4O2.2Zn/c2*1-18-10-9-11-19(2)25(18)30-20(3)16-24(26(27,28)29)31-22-14-7-8-15-23(22)32-17-21-12-5-4-6-13-21;2*1-2(3)4;;/h2*4-6,9-13,16,22-23H,7-8,14-15,17H2,1-3H3;2*1H3,(H,3,4);;/q2*-1;;;2*+2/p-2/b2*24-16-,30-20?;;;;/t2*22-,23-;;;;/m11..../s1. The van der Waals surface area contributed by atoms with Gasteiger partial charge in [0.15, 0.2) is 0 Å². The SMILES string of the molecule is CC(/C=C(\[N-][C@@H]1CCCC[C@H]1OCc1ccccc1)C(F)(F)F)=Nc1c(C)cccc1C.CC(/C=C(\[N-][C@@H]1CCCC[C@H]1OCc1ccccc1)C(F)(F)F)=Nc1c(C)cccc1C.CC(=O)[O-].CC(=O)[O-].[Zn+2].[Zn+2]. The molecule has 0 saturated heterocycles. The van der Waals surface area contributed by atoms with Crippen LogP contribution in [0, 0.1) is 27.7 Å². The van der Waals surface area contributed by atoms with Crippen molar-refractivity contribution in [3.8, 4) is 0 Å². The number of nitrogens with zero attached hydrogens (tertiary/aromatic N) is 4. The number of rotatable bonds is 14. The zero-order chi connectivity index (χ0) is 53.4. The summed E-state index contributed by atoms with van der Waals surface area (Å²) < 4.78 is 95.1. The third-order valence-electron chi connectivity index (χ3n) is 11.3. The van der Waals surface area contributed by atoms with Crippen LogP contribution in [-0.4, -0.2) is 60.0 Å². The number of aryl methyl sites for hydroxylation is 4. The van der Waals surface area contributed by atoms with Crippen LogP contribution in [0.4, 0.5) is 37.7 Å². The van der Waals surface area contributed by atoms with Crippen molar-refractivity contribution in [1.82, 2.24) is 0 Å². The average molecular weight is 1140 g/mol. The number of carbonyl (C=O) groups is 2. The van der Waals surface area contributed by atoms with E-state index >= 15 is 0 Å². The van der Waals surface area contributed by atoms with Gasteiger partial charge in [0.05, 0.1) is 24.6 Å². The summed E-state index contributed by atoms with van der Waals surface area (Å²) >= 11 is 0. The Morgan fingerprint density at radius 3 is 1.09 bits per heavy atom. The first-order valence-electron chi connectivity index (χ1n) is 23.8. The Hall–Kier alpha value is -5.01. The topological polar surface area (TPSA) is 152 Å². The van der Waals surface area contributed by atoms with Gasteiger partial charge in [-0.1, -0.05) is 171 Å². The Balaban J connectivity index is 0.000000631. The van der Waals surface area contributed by atoms with Crippen LogP contribution in [0.25, 0.3) is 10.6 Å². The van der Waals surface area contributed by atoms with Gasteiger partial charge in [0.25, 0.3) is 0 Å². The summed E-state index contributed by atoms with van der Waals surface area (Å²) in [7, 11) is 0. The molecule has 0 amide bonds. The van der Waals surface area contributed by atoms with E-state index in [0.717, 1.165) is 85.1 Å². The first-order valence-corrected chi connectivity index (χ1v) is 23.8. The van der Waals surface area contributed by atoms with E-state index in [1.165, 1.54) is 0 Å². The molecule has 4 aromatic rings. The van der Waals surface area contributed by atoms with Crippen molar-refractivity contribution in [2.24, 2.45) is 9.98 Å². The van der Waals surface area contributed by atoms with Gasteiger partial charge in [-0.15, -0.1) is 0 Å². The van der Waals surface area contributed by atoms with E-state index in [4.69, 9.17) is 29.3 Å². The smallest absolute Gasteiger partial charge is 0.676 e. The van der Waals surface area contributed by atoms with E-state index in [1.54, 1.807) is 13.8 Å². The van der Waals surface area contributed by atoms with E-state index in [2.05, 4.69) is 20.6 Å². The fourth-order valence-electron chi connectivity index (χ4n) is 7.91. The van der Waals surface area contributed by atoms with Crippen LogP contribution in [0.3, 0.4) is 0 Å². The Labute approximate surface area is 458 Å². The fourth-order valence-corrected chi connectivity index (χ4v) is 7.91. The first-order chi connectivity index (χ1) is 33.9. The molecular weight excluding hydrogens is 1070 g/mol. The van der Waals surface area contributed by atoms with E-state index in [1.807, 2.05) is 125 Å². The average Bonchev–Trinajstić information content (AvgIpc) is 3.30. The Kier molecular flexibility index (Phi) is 30.6. The predicted molar refractivity (Wildman–Crippen MR) is 268 cm³/mol. The molecule has 2 aliphatic carbocycles. The van der Waals surface area contributed by atoms with Gasteiger partial charge in [-0.2, -0.15) is 26.3 Å². The second kappa shape index (κ2) is 33.8. The third kappa shape index (κ3) is 25.5. The normalized spacial score (nSPS) is 18.2.